The Labute approximate surface area is 97.1 Å². The van der Waals surface area contributed by atoms with Crippen molar-refractivity contribution >= 4 is 17.3 Å². The third-order valence-corrected chi connectivity index (χ3v) is 2.51. The fraction of sp³-hybridized carbons (Fsp3) is 0.583. The largest absolute Gasteiger partial charge is 0.381 e. The molecule has 0 radical (unpaired) electrons. The summed E-state index contributed by atoms with van der Waals surface area (Å²) in [5.41, 5.74) is 2.22. The van der Waals surface area contributed by atoms with Crippen molar-refractivity contribution in [2.24, 2.45) is 5.92 Å². The standard InChI is InChI=1S/C12H19ClN2/c1-8(2)5-10(4)15-11-7-14-12(13)6-9(11)3/h6-8,10,15H,5H2,1-4H3. The summed E-state index contributed by atoms with van der Waals surface area (Å²) < 4.78 is 0. The molecule has 15 heavy (non-hydrogen) atoms. The normalized spacial score (nSPS) is 12.9. The van der Waals surface area contributed by atoms with Crippen molar-refractivity contribution in [1.29, 1.82) is 0 Å². The molecular weight excluding hydrogens is 208 g/mol. The van der Waals surface area contributed by atoms with Gasteiger partial charge in [0.2, 0.25) is 0 Å². The van der Waals surface area contributed by atoms with Gasteiger partial charge in [0.15, 0.2) is 0 Å². The van der Waals surface area contributed by atoms with Crippen molar-refractivity contribution in [2.45, 2.75) is 40.2 Å². The molecule has 2 nitrogen and oxygen atoms in total. The van der Waals surface area contributed by atoms with Crippen molar-refractivity contribution in [1.82, 2.24) is 4.98 Å². The minimum Gasteiger partial charge on any atom is -0.381 e. The van der Waals surface area contributed by atoms with Crippen LogP contribution in [0.3, 0.4) is 0 Å². The van der Waals surface area contributed by atoms with Gasteiger partial charge in [-0.3, -0.25) is 0 Å². The van der Waals surface area contributed by atoms with Gasteiger partial charge in [-0.25, -0.2) is 4.98 Å². The van der Waals surface area contributed by atoms with E-state index in [0.29, 0.717) is 17.1 Å². The van der Waals surface area contributed by atoms with Gasteiger partial charge < -0.3 is 5.32 Å². The van der Waals surface area contributed by atoms with Gasteiger partial charge in [-0.1, -0.05) is 25.4 Å². The van der Waals surface area contributed by atoms with Gasteiger partial charge in [0.05, 0.1) is 11.9 Å². The number of aromatic nitrogens is 1. The van der Waals surface area contributed by atoms with E-state index in [-0.39, 0.29) is 0 Å². The number of pyridine rings is 1. The maximum absolute atomic E-state index is 5.80. The number of anilines is 1. The summed E-state index contributed by atoms with van der Waals surface area (Å²) in [6.07, 6.45) is 2.95. The molecular formula is C12H19ClN2. The Kier molecular flexibility index (Phi) is 4.40. The minimum absolute atomic E-state index is 0.465. The second-order valence-electron chi connectivity index (χ2n) is 4.50. The predicted molar refractivity (Wildman–Crippen MR) is 66.5 cm³/mol. The van der Waals surface area contributed by atoms with E-state index >= 15 is 0 Å². The van der Waals surface area contributed by atoms with E-state index in [4.69, 9.17) is 11.6 Å². The average molecular weight is 227 g/mol. The van der Waals surface area contributed by atoms with Crippen LogP contribution in [0.1, 0.15) is 32.8 Å². The Morgan fingerprint density at radius 1 is 1.40 bits per heavy atom. The highest BCUT2D eigenvalue weighted by molar-refractivity contribution is 6.29. The van der Waals surface area contributed by atoms with Crippen LogP contribution in [0, 0.1) is 12.8 Å². The van der Waals surface area contributed by atoms with Crippen LogP contribution in [0.4, 0.5) is 5.69 Å². The second kappa shape index (κ2) is 5.36. The summed E-state index contributed by atoms with van der Waals surface area (Å²) in [4.78, 5) is 4.08. The first-order valence-electron chi connectivity index (χ1n) is 5.37. The quantitative estimate of drug-likeness (QED) is 0.788. The number of nitrogens with one attached hydrogen (secondary N) is 1. The van der Waals surface area contributed by atoms with Crippen LogP contribution in [0.5, 0.6) is 0 Å². The van der Waals surface area contributed by atoms with Crippen LogP contribution in [0.25, 0.3) is 0 Å². The minimum atomic E-state index is 0.465. The topological polar surface area (TPSA) is 24.9 Å². The molecule has 0 saturated carbocycles. The Balaban J connectivity index is 2.64. The van der Waals surface area contributed by atoms with Gasteiger partial charge in [-0.2, -0.15) is 0 Å². The maximum atomic E-state index is 5.80. The molecule has 1 aromatic heterocycles. The Morgan fingerprint density at radius 3 is 2.60 bits per heavy atom. The molecule has 1 aromatic rings. The molecule has 0 aliphatic heterocycles. The number of halogens is 1. The molecule has 1 heterocycles. The highest BCUT2D eigenvalue weighted by Crippen LogP contribution is 2.19. The van der Waals surface area contributed by atoms with E-state index in [1.54, 1.807) is 6.20 Å². The van der Waals surface area contributed by atoms with E-state index in [9.17, 15) is 0 Å². The summed E-state index contributed by atoms with van der Waals surface area (Å²) >= 11 is 5.80. The van der Waals surface area contributed by atoms with Crippen LogP contribution in [-0.2, 0) is 0 Å². The highest BCUT2D eigenvalue weighted by atomic mass is 35.5. The van der Waals surface area contributed by atoms with Crippen molar-refractivity contribution in [3.05, 3.63) is 23.0 Å². The van der Waals surface area contributed by atoms with Gasteiger partial charge in [-0.15, -0.1) is 0 Å². The van der Waals surface area contributed by atoms with Crippen molar-refractivity contribution in [2.75, 3.05) is 5.32 Å². The lowest BCUT2D eigenvalue weighted by atomic mass is 10.0. The molecule has 1 atom stereocenters. The zero-order valence-corrected chi connectivity index (χ0v) is 10.6. The average Bonchev–Trinajstić information content (AvgIpc) is 2.08. The third kappa shape index (κ3) is 4.08. The molecule has 0 amide bonds. The molecule has 1 N–H and O–H groups in total. The van der Waals surface area contributed by atoms with E-state index < -0.39 is 0 Å². The Hall–Kier alpha value is -0.760. The van der Waals surface area contributed by atoms with Gasteiger partial charge in [0.1, 0.15) is 5.15 Å². The van der Waals surface area contributed by atoms with E-state index in [1.165, 1.54) is 0 Å². The number of aryl methyl sites for hydroxylation is 1. The highest BCUT2D eigenvalue weighted by Gasteiger charge is 2.06. The number of hydrogen-bond donors (Lipinski definition) is 1. The Bertz CT molecular complexity index is 323. The first-order valence-corrected chi connectivity index (χ1v) is 5.75. The summed E-state index contributed by atoms with van der Waals surface area (Å²) in [6.45, 7) is 8.68. The molecule has 1 unspecified atom stereocenters. The number of hydrogen-bond acceptors (Lipinski definition) is 2. The van der Waals surface area contributed by atoms with Crippen molar-refractivity contribution in [3.8, 4) is 0 Å². The second-order valence-corrected chi connectivity index (χ2v) is 4.88. The molecule has 0 saturated heterocycles. The number of rotatable bonds is 4. The summed E-state index contributed by atoms with van der Waals surface area (Å²) in [6, 6.07) is 2.35. The van der Waals surface area contributed by atoms with E-state index in [2.05, 4.69) is 31.1 Å². The summed E-state index contributed by atoms with van der Waals surface area (Å²) in [5, 5.41) is 4.00. The summed E-state index contributed by atoms with van der Waals surface area (Å²) in [5.74, 6) is 0.702. The lowest BCUT2D eigenvalue weighted by Gasteiger charge is -2.18. The lowest BCUT2D eigenvalue weighted by molar-refractivity contribution is 0.539. The lowest BCUT2D eigenvalue weighted by Crippen LogP contribution is -2.18. The summed E-state index contributed by atoms with van der Waals surface area (Å²) in [7, 11) is 0. The fourth-order valence-corrected chi connectivity index (χ4v) is 1.92. The molecule has 3 heteroatoms. The van der Waals surface area contributed by atoms with Gasteiger partial charge in [0, 0.05) is 6.04 Å². The first kappa shape index (κ1) is 12.3. The van der Waals surface area contributed by atoms with E-state index in [1.807, 2.05) is 13.0 Å². The molecule has 0 bridgehead atoms. The van der Waals surface area contributed by atoms with Crippen LogP contribution in [-0.4, -0.2) is 11.0 Å². The van der Waals surface area contributed by atoms with Crippen LogP contribution >= 0.6 is 11.6 Å². The van der Waals surface area contributed by atoms with Crippen LogP contribution in [0.2, 0.25) is 5.15 Å². The van der Waals surface area contributed by atoms with Gasteiger partial charge in [-0.05, 0) is 37.8 Å². The molecule has 0 fully saturated rings. The first-order chi connectivity index (χ1) is 6.99. The molecule has 1 rings (SSSR count). The predicted octanol–water partition coefficient (Wildman–Crippen LogP) is 3.89. The molecule has 0 aliphatic rings. The molecule has 0 spiro atoms. The van der Waals surface area contributed by atoms with Crippen molar-refractivity contribution < 1.29 is 0 Å². The monoisotopic (exact) mass is 226 g/mol. The molecule has 84 valence electrons. The molecule has 0 aliphatic carbocycles. The zero-order chi connectivity index (χ0) is 11.4. The van der Waals surface area contributed by atoms with Crippen LogP contribution in [0.15, 0.2) is 12.3 Å². The number of nitrogens with zero attached hydrogens (tertiary/aromatic N) is 1. The van der Waals surface area contributed by atoms with Gasteiger partial charge >= 0.3 is 0 Å². The zero-order valence-electron chi connectivity index (χ0n) is 9.84. The Morgan fingerprint density at radius 2 is 2.07 bits per heavy atom. The van der Waals surface area contributed by atoms with E-state index in [0.717, 1.165) is 17.7 Å². The molecule has 0 aromatic carbocycles. The maximum Gasteiger partial charge on any atom is 0.129 e. The SMILES string of the molecule is Cc1cc(Cl)ncc1NC(C)CC(C)C. The van der Waals surface area contributed by atoms with Gasteiger partial charge in [0.25, 0.3) is 0 Å². The fourth-order valence-electron chi connectivity index (χ4n) is 1.70. The van der Waals surface area contributed by atoms with Crippen LogP contribution < -0.4 is 5.32 Å². The smallest absolute Gasteiger partial charge is 0.129 e. The van der Waals surface area contributed by atoms with Crippen molar-refractivity contribution in [3.63, 3.8) is 0 Å². The third-order valence-electron chi connectivity index (χ3n) is 2.30.